The fourth-order valence-electron chi connectivity index (χ4n) is 4.68. The lowest BCUT2D eigenvalue weighted by atomic mass is 10.1. The van der Waals surface area contributed by atoms with Gasteiger partial charge in [0.25, 0.3) is 0 Å². The van der Waals surface area contributed by atoms with Gasteiger partial charge in [-0.15, -0.1) is 0 Å². The first-order valence-electron chi connectivity index (χ1n) is 13.7. The zero-order valence-corrected chi connectivity index (χ0v) is 22.9. The molecular weight excluding hydrogens is 525 g/mol. The molecule has 1 heterocycles. The molecule has 2 aromatic rings. The van der Waals surface area contributed by atoms with Crippen molar-refractivity contribution in [3.05, 3.63) is 59.2 Å². The summed E-state index contributed by atoms with van der Waals surface area (Å²) in [5.74, 6) is 1.06. The standard InChI is InChI=1S/C29H37F3N4O4/c1-20(2)34-28(38)40-15-13-36(18-22-6-3-4-7-24(22)29(30,31)32)27(37)16-33-25-8-5-9-26-23(25)19-35(12-14-39-26)17-21-10-11-21/h3-9,20-21,33H,10-19H2,1-2H3,(H,34,38). The number of halogens is 3. The van der Waals surface area contributed by atoms with Gasteiger partial charge in [-0.1, -0.05) is 24.3 Å². The van der Waals surface area contributed by atoms with Crippen molar-refractivity contribution < 1.29 is 32.2 Å². The van der Waals surface area contributed by atoms with Gasteiger partial charge in [-0.2, -0.15) is 13.2 Å². The van der Waals surface area contributed by atoms with Crippen LogP contribution in [-0.4, -0.2) is 67.2 Å². The van der Waals surface area contributed by atoms with Gasteiger partial charge in [-0.25, -0.2) is 4.79 Å². The Kier molecular flexibility index (Phi) is 9.78. The van der Waals surface area contributed by atoms with Gasteiger partial charge < -0.3 is 25.0 Å². The van der Waals surface area contributed by atoms with Crippen LogP contribution >= 0.6 is 0 Å². The summed E-state index contributed by atoms with van der Waals surface area (Å²) in [5.41, 5.74) is 0.862. The summed E-state index contributed by atoms with van der Waals surface area (Å²) < 4.78 is 52.1. The van der Waals surface area contributed by atoms with Crippen molar-refractivity contribution in [2.75, 3.05) is 44.7 Å². The second-order valence-electron chi connectivity index (χ2n) is 10.6. The second kappa shape index (κ2) is 13.3. The number of rotatable bonds is 11. The molecule has 0 radical (unpaired) electrons. The van der Waals surface area contributed by atoms with E-state index in [-0.39, 0.29) is 37.8 Å². The van der Waals surface area contributed by atoms with E-state index in [2.05, 4.69) is 15.5 Å². The predicted octanol–water partition coefficient (Wildman–Crippen LogP) is 4.89. The van der Waals surface area contributed by atoms with Crippen LogP contribution in [0.1, 0.15) is 43.4 Å². The topological polar surface area (TPSA) is 83.1 Å². The van der Waals surface area contributed by atoms with Gasteiger partial charge in [0.2, 0.25) is 5.91 Å². The molecule has 4 rings (SSSR count). The normalized spacial score (nSPS) is 15.6. The summed E-state index contributed by atoms with van der Waals surface area (Å²) in [6.45, 7) is 5.99. The monoisotopic (exact) mass is 562 g/mol. The Hall–Kier alpha value is -3.47. The maximum Gasteiger partial charge on any atom is 0.416 e. The molecule has 2 N–H and O–H groups in total. The number of alkyl halides is 3. The van der Waals surface area contributed by atoms with Crippen molar-refractivity contribution in [1.29, 1.82) is 0 Å². The van der Waals surface area contributed by atoms with E-state index in [0.717, 1.165) is 42.1 Å². The number of nitrogens with one attached hydrogen (secondary N) is 2. The maximum atomic E-state index is 13.6. The van der Waals surface area contributed by atoms with Crippen LogP contribution in [0.15, 0.2) is 42.5 Å². The number of nitrogens with zero attached hydrogens (tertiary/aromatic N) is 2. The van der Waals surface area contributed by atoms with Crippen LogP contribution in [0.4, 0.5) is 23.7 Å². The number of carbonyl (C=O) groups excluding carboxylic acids is 2. The van der Waals surface area contributed by atoms with Gasteiger partial charge in [0.1, 0.15) is 19.0 Å². The molecule has 0 spiro atoms. The molecule has 0 bridgehead atoms. The molecule has 8 nitrogen and oxygen atoms in total. The van der Waals surface area contributed by atoms with Crippen LogP contribution in [0.5, 0.6) is 5.75 Å². The Balaban J connectivity index is 1.46. The smallest absolute Gasteiger partial charge is 0.416 e. The highest BCUT2D eigenvalue weighted by Crippen LogP contribution is 2.34. The molecule has 1 aliphatic heterocycles. The minimum absolute atomic E-state index is 0.0346. The molecule has 1 saturated carbocycles. The third-order valence-electron chi connectivity index (χ3n) is 6.86. The predicted molar refractivity (Wildman–Crippen MR) is 145 cm³/mol. The lowest BCUT2D eigenvalue weighted by Gasteiger charge is -2.25. The van der Waals surface area contributed by atoms with Gasteiger partial charge in [-0.3, -0.25) is 9.69 Å². The maximum absolute atomic E-state index is 13.6. The number of carbonyl (C=O) groups is 2. The van der Waals surface area contributed by atoms with Crippen molar-refractivity contribution >= 4 is 17.7 Å². The van der Waals surface area contributed by atoms with Gasteiger partial charge >= 0.3 is 12.3 Å². The third-order valence-corrected chi connectivity index (χ3v) is 6.86. The molecule has 2 amide bonds. The molecule has 2 aliphatic rings. The first kappa shape index (κ1) is 29.5. The van der Waals surface area contributed by atoms with E-state index >= 15 is 0 Å². The Labute approximate surface area is 232 Å². The summed E-state index contributed by atoms with van der Waals surface area (Å²) in [7, 11) is 0. The molecule has 0 aromatic heterocycles. The Morgan fingerprint density at radius 3 is 2.65 bits per heavy atom. The average Bonchev–Trinajstić information content (AvgIpc) is 3.73. The van der Waals surface area contributed by atoms with Crippen LogP contribution in [0, 0.1) is 5.92 Å². The number of alkyl carbamates (subject to hydrolysis) is 1. The van der Waals surface area contributed by atoms with Crippen molar-refractivity contribution in [3.8, 4) is 5.75 Å². The fraction of sp³-hybridized carbons (Fsp3) is 0.517. The molecule has 0 saturated heterocycles. The first-order chi connectivity index (χ1) is 19.1. The summed E-state index contributed by atoms with van der Waals surface area (Å²) in [5, 5.41) is 5.77. The Morgan fingerprint density at radius 1 is 1.15 bits per heavy atom. The molecule has 0 unspecified atom stereocenters. The van der Waals surface area contributed by atoms with Gasteiger partial charge in [-0.05, 0) is 56.4 Å². The fourth-order valence-corrected chi connectivity index (χ4v) is 4.68. The van der Waals surface area contributed by atoms with Crippen LogP contribution < -0.4 is 15.4 Å². The van der Waals surface area contributed by atoms with Crippen LogP contribution in [0.3, 0.4) is 0 Å². The van der Waals surface area contributed by atoms with Crippen molar-refractivity contribution in [2.45, 2.75) is 52.0 Å². The van der Waals surface area contributed by atoms with E-state index in [1.807, 2.05) is 18.2 Å². The number of hydrogen-bond acceptors (Lipinski definition) is 6. The second-order valence-corrected chi connectivity index (χ2v) is 10.6. The molecule has 40 heavy (non-hydrogen) atoms. The average molecular weight is 563 g/mol. The zero-order chi connectivity index (χ0) is 28.7. The van der Waals surface area contributed by atoms with Gasteiger partial charge in [0.15, 0.2) is 0 Å². The highest BCUT2D eigenvalue weighted by atomic mass is 19.4. The summed E-state index contributed by atoms with van der Waals surface area (Å²) in [4.78, 5) is 28.9. The first-order valence-corrected chi connectivity index (χ1v) is 13.7. The van der Waals surface area contributed by atoms with E-state index in [1.165, 1.54) is 35.9 Å². The molecule has 1 aliphatic carbocycles. The molecular formula is C29H37F3N4O4. The van der Waals surface area contributed by atoms with E-state index in [4.69, 9.17) is 9.47 Å². The van der Waals surface area contributed by atoms with E-state index in [9.17, 15) is 22.8 Å². The highest BCUT2D eigenvalue weighted by Gasteiger charge is 2.34. The summed E-state index contributed by atoms with van der Waals surface area (Å²) >= 11 is 0. The lowest BCUT2D eigenvalue weighted by Crippen LogP contribution is -2.39. The van der Waals surface area contributed by atoms with Crippen molar-refractivity contribution in [3.63, 3.8) is 0 Å². The zero-order valence-electron chi connectivity index (χ0n) is 22.9. The molecule has 1 fully saturated rings. The number of amides is 2. The number of fused-ring (bicyclic) bond motifs is 1. The van der Waals surface area contributed by atoms with Crippen LogP contribution in [0.2, 0.25) is 0 Å². The minimum atomic E-state index is -4.56. The Morgan fingerprint density at radius 2 is 1.93 bits per heavy atom. The van der Waals surface area contributed by atoms with Crippen molar-refractivity contribution in [2.24, 2.45) is 5.92 Å². The van der Waals surface area contributed by atoms with E-state index in [0.29, 0.717) is 13.2 Å². The van der Waals surface area contributed by atoms with Crippen LogP contribution in [-0.2, 0) is 28.8 Å². The van der Waals surface area contributed by atoms with Gasteiger partial charge in [0.05, 0.1) is 18.7 Å². The number of anilines is 1. The van der Waals surface area contributed by atoms with Gasteiger partial charge in [0, 0.05) is 43.5 Å². The molecule has 11 heteroatoms. The number of benzene rings is 2. The third kappa shape index (κ3) is 8.51. The van der Waals surface area contributed by atoms with Crippen LogP contribution in [0.25, 0.3) is 0 Å². The van der Waals surface area contributed by atoms with E-state index in [1.54, 1.807) is 13.8 Å². The molecule has 2 aromatic carbocycles. The lowest BCUT2D eigenvalue weighted by molar-refractivity contribution is -0.139. The SMILES string of the molecule is CC(C)NC(=O)OCCN(Cc1ccccc1C(F)(F)F)C(=O)CNc1cccc2c1CN(CC1CC1)CCO2. The van der Waals surface area contributed by atoms with E-state index < -0.39 is 23.7 Å². The number of ether oxygens (including phenoxy) is 2. The largest absolute Gasteiger partial charge is 0.492 e. The highest BCUT2D eigenvalue weighted by molar-refractivity contribution is 5.81. The summed E-state index contributed by atoms with van der Waals surface area (Å²) in [6, 6.07) is 10.7. The summed E-state index contributed by atoms with van der Waals surface area (Å²) in [6.07, 6.45) is -2.73. The number of hydrogen-bond donors (Lipinski definition) is 2. The van der Waals surface area contributed by atoms with Crippen molar-refractivity contribution in [1.82, 2.24) is 15.1 Å². The minimum Gasteiger partial charge on any atom is -0.492 e. The Bertz CT molecular complexity index is 1170. The quantitative estimate of drug-likeness (QED) is 0.406. The molecule has 0 atom stereocenters. The molecule has 218 valence electrons.